The molecule has 2 aromatic carbocycles. The third-order valence-corrected chi connectivity index (χ3v) is 7.15. The van der Waals surface area contributed by atoms with Crippen LogP contribution in [0.2, 0.25) is 0 Å². The lowest BCUT2D eigenvalue weighted by molar-refractivity contribution is -0.143. The SMILES string of the molecule is CSCCC(NC(=O)OC(C)(C)C)C(=O)N(C(C(=O)NCc1ccccc1)c1ccc(C)cc1)C1CC1C. The van der Waals surface area contributed by atoms with Gasteiger partial charge < -0.3 is 20.3 Å². The predicted molar refractivity (Wildman–Crippen MR) is 153 cm³/mol. The first-order valence-electron chi connectivity index (χ1n) is 13.2. The van der Waals surface area contributed by atoms with E-state index in [-0.39, 0.29) is 23.8 Å². The molecule has 2 N–H and O–H groups in total. The number of amides is 3. The van der Waals surface area contributed by atoms with Gasteiger partial charge >= 0.3 is 6.09 Å². The maximum atomic E-state index is 14.2. The first kappa shape index (κ1) is 29.6. The molecule has 4 unspecified atom stereocenters. The van der Waals surface area contributed by atoms with Gasteiger partial charge in [0.1, 0.15) is 17.7 Å². The Bertz CT molecular complexity index is 1080. The Morgan fingerprint density at radius 2 is 1.71 bits per heavy atom. The summed E-state index contributed by atoms with van der Waals surface area (Å²) in [5, 5.41) is 5.85. The summed E-state index contributed by atoms with van der Waals surface area (Å²) >= 11 is 1.60. The van der Waals surface area contributed by atoms with Crippen molar-refractivity contribution in [2.24, 2.45) is 5.92 Å². The second kappa shape index (κ2) is 13.2. The fourth-order valence-corrected chi connectivity index (χ4v) is 4.84. The number of ether oxygens (including phenoxy) is 1. The van der Waals surface area contributed by atoms with Crippen molar-refractivity contribution in [1.82, 2.24) is 15.5 Å². The van der Waals surface area contributed by atoms with Gasteiger partial charge in [-0.1, -0.05) is 67.1 Å². The number of carbonyl (C=O) groups is 3. The van der Waals surface area contributed by atoms with Gasteiger partial charge in [0.15, 0.2) is 0 Å². The zero-order valence-corrected chi connectivity index (χ0v) is 24.1. The van der Waals surface area contributed by atoms with Crippen molar-refractivity contribution in [3.8, 4) is 0 Å². The molecule has 1 saturated carbocycles. The molecule has 0 aromatic heterocycles. The average molecular weight is 540 g/mol. The van der Waals surface area contributed by atoms with E-state index in [9.17, 15) is 14.4 Å². The molecule has 1 fully saturated rings. The van der Waals surface area contributed by atoms with Crippen LogP contribution in [0.3, 0.4) is 0 Å². The lowest BCUT2D eigenvalue weighted by Gasteiger charge is -2.35. The zero-order chi connectivity index (χ0) is 27.9. The second-order valence-corrected chi connectivity index (χ2v) is 12.0. The minimum absolute atomic E-state index is 0.0894. The molecule has 206 valence electrons. The van der Waals surface area contributed by atoms with Crippen LogP contribution in [0.1, 0.15) is 63.3 Å². The van der Waals surface area contributed by atoms with E-state index in [1.54, 1.807) is 37.4 Å². The quantitative estimate of drug-likeness (QED) is 0.408. The lowest BCUT2D eigenvalue weighted by Crippen LogP contribution is -2.54. The van der Waals surface area contributed by atoms with Crippen LogP contribution in [-0.4, -0.2) is 52.5 Å². The summed E-state index contributed by atoms with van der Waals surface area (Å²) in [6, 6.07) is 15.7. The van der Waals surface area contributed by atoms with Crippen molar-refractivity contribution in [1.29, 1.82) is 0 Å². The van der Waals surface area contributed by atoms with Crippen LogP contribution in [0.25, 0.3) is 0 Å². The molecule has 0 radical (unpaired) electrons. The van der Waals surface area contributed by atoms with Crippen LogP contribution in [0.4, 0.5) is 4.79 Å². The maximum Gasteiger partial charge on any atom is 0.408 e. The number of benzene rings is 2. The summed E-state index contributed by atoms with van der Waals surface area (Å²) < 4.78 is 5.46. The Balaban J connectivity index is 1.94. The Kier molecular flexibility index (Phi) is 10.3. The molecular formula is C30H41N3O4S. The molecule has 0 heterocycles. The number of thioether (sulfide) groups is 1. The summed E-state index contributed by atoms with van der Waals surface area (Å²) in [7, 11) is 0. The predicted octanol–water partition coefficient (Wildman–Crippen LogP) is 5.24. The van der Waals surface area contributed by atoms with E-state index < -0.39 is 23.8 Å². The normalized spacial score (nSPS) is 18.2. The van der Waals surface area contributed by atoms with Crippen molar-refractivity contribution in [3.63, 3.8) is 0 Å². The van der Waals surface area contributed by atoms with Crippen molar-refractivity contribution in [2.45, 2.75) is 77.7 Å². The van der Waals surface area contributed by atoms with Gasteiger partial charge in [0.05, 0.1) is 0 Å². The number of carbonyl (C=O) groups excluding carboxylic acids is 3. The molecular weight excluding hydrogens is 498 g/mol. The van der Waals surface area contributed by atoms with Gasteiger partial charge in [-0.25, -0.2) is 4.79 Å². The third kappa shape index (κ3) is 8.51. The number of nitrogens with one attached hydrogen (secondary N) is 2. The summed E-state index contributed by atoms with van der Waals surface area (Å²) in [5.74, 6) is 0.428. The standard InChI is InChI=1S/C30H41N3O4S/c1-20-12-14-23(15-13-20)26(27(34)31-19-22-10-8-7-9-11-22)33(25-18-21(25)2)28(35)24(16-17-38-6)32-29(36)37-30(3,4)5/h7-15,21,24-26H,16-19H2,1-6H3,(H,31,34)(H,32,36). The third-order valence-electron chi connectivity index (χ3n) is 6.51. The molecule has 3 amide bonds. The number of rotatable bonds is 11. The molecule has 38 heavy (non-hydrogen) atoms. The Hall–Kier alpha value is -3.00. The molecule has 4 atom stereocenters. The monoisotopic (exact) mass is 539 g/mol. The van der Waals surface area contributed by atoms with Gasteiger partial charge in [-0.3, -0.25) is 9.59 Å². The molecule has 8 heteroatoms. The zero-order valence-electron chi connectivity index (χ0n) is 23.3. The maximum absolute atomic E-state index is 14.2. The Labute approximate surface area is 231 Å². The molecule has 7 nitrogen and oxygen atoms in total. The Morgan fingerprint density at radius 3 is 2.26 bits per heavy atom. The topological polar surface area (TPSA) is 87.7 Å². The highest BCUT2D eigenvalue weighted by molar-refractivity contribution is 7.98. The van der Waals surface area contributed by atoms with E-state index >= 15 is 0 Å². The molecule has 0 aliphatic heterocycles. The van der Waals surface area contributed by atoms with E-state index in [1.807, 2.05) is 67.8 Å². The van der Waals surface area contributed by atoms with E-state index in [1.165, 1.54) is 0 Å². The first-order chi connectivity index (χ1) is 18.0. The lowest BCUT2D eigenvalue weighted by atomic mass is 10.0. The molecule has 3 rings (SSSR count). The highest BCUT2D eigenvalue weighted by Crippen LogP contribution is 2.41. The fourth-order valence-electron chi connectivity index (χ4n) is 4.36. The van der Waals surface area contributed by atoms with Gasteiger partial charge in [-0.15, -0.1) is 0 Å². The van der Waals surface area contributed by atoms with Crippen LogP contribution in [0.15, 0.2) is 54.6 Å². The largest absolute Gasteiger partial charge is 0.444 e. The van der Waals surface area contributed by atoms with Gasteiger partial charge in [0.2, 0.25) is 11.8 Å². The minimum atomic E-state index is -0.820. The van der Waals surface area contributed by atoms with E-state index in [2.05, 4.69) is 17.6 Å². The Morgan fingerprint density at radius 1 is 1.08 bits per heavy atom. The number of hydrogen-bond donors (Lipinski definition) is 2. The van der Waals surface area contributed by atoms with E-state index in [0.717, 1.165) is 23.1 Å². The van der Waals surface area contributed by atoms with E-state index in [0.29, 0.717) is 18.7 Å². The second-order valence-electron chi connectivity index (χ2n) is 11.0. The minimum Gasteiger partial charge on any atom is -0.444 e. The smallest absolute Gasteiger partial charge is 0.408 e. The van der Waals surface area contributed by atoms with Crippen molar-refractivity contribution >= 4 is 29.7 Å². The summed E-state index contributed by atoms with van der Waals surface area (Å²) in [6.07, 6.45) is 2.56. The van der Waals surface area contributed by atoms with Crippen molar-refractivity contribution in [3.05, 3.63) is 71.3 Å². The van der Waals surface area contributed by atoms with Crippen LogP contribution in [0, 0.1) is 12.8 Å². The van der Waals surface area contributed by atoms with Crippen LogP contribution < -0.4 is 10.6 Å². The summed E-state index contributed by atoms with van der Waals surface area (Å²) in [6.45, 7) is 9.78. The molecule has 0 saturated heterocycles. The first-order valence-corrected chi connectivity index (χ1v) is 14.6. The van der Waals surface area contributed by atoms with Crippen molar-refractivity contribution < 1.29 is 19.1 Å². The van der Waals surface area contributed by atoms with Gasteiger partial charge in [-0.05, 0) is 69.6 Å². The van der Waals surface area contributed by atoms with Gasteiger partial charge in [0, 0.05) is 12.6 Å². The highest BCUT2D eigenvalue weighted by Gasteiger charge is 2.48. The molecule has 0 bridgehead atoms. The summed E-state index contributed by atoms with van der Waals surface area (Å²) in [5.41, 5.74) is 2.10. The number of nitrogens with zero attached hydrogens (tertiary/aromatic N) is 1. The molecule has 1 aliphatic rings. The van der Waals surface area contributed by atoms with Crippen LogP contribution in [-0.2, 0) is 20.9 Å². The van der Waals surface area contributed by atoms with E-state index in [4.69, 9.17) is 4.74 Å². The fraction of sp³-hybridized carbons (Fsp3) is 0.500. The van der Waals surface area contributed by atoms with Crippen LogP contribution >= 0.6 is 11.8 Å². The number of aryl methyl sites for hydroxylation is 1. The van der Waals surface area contributed by atoms with Crippen LogP contribution in [0.5, 0.6) is 0 Å². The van der Waals surface area contributed by atoms with Gasteiger partial charge in [0.25, 0.3) is 0 Å². The molecule has 2 aromatic rings. The summed E-state index contributed by atoms with van der Waals surface area (Å²) in [4.78, 5) is 42.4. The van der Waals surface area contributed by atoms with Crippen molar-refractivity contribution in [2.75, 3.05) is 12.0 Å². The number of alkyl carbamates (subject to hydrolysis) is 1. The highest BCUT2D eigenvalue weighted by atomic mass is 32.2. The molecule has 1 aliphatic carbocycles. The average Bonchev–Trinajstić information content (AvgIpc) is 3.59. The van der Waals surface area contributed by atoms with Gasteiger partial charge in [-0.2, -0.15) is 11.8 Å². The molecule has 0 spiro atoms. The number of hydrogen-bond acceptors (Lipinski definition) is 5.